The van der Waals surface area contributed by atoms with Crippen LogP contribution in [0.4, 0.5) is 18.0 Å². The minimum atomic E-state index is -4.41. The third-order valence-corrected chi connectivity index (χ3v) is 5.93. The standard InChI is InChI=1S/C19H22F3N3O3/c20-19(21,22)15-3-1-12(8-23-15)5-13-6-18(7-13)10-25(11-18)16(26)4-2-14-9-28-17(27)24-14/h1,3,8,13-14H,2,4-7,9-11H2,(H,24,27). The number of nitrogens with zero attached hydrogens (tertiary/aromatic N) is 2. The molecular weight excluding hydrogens is 375 g/mol. The smallest absolute Gasteiger partial charge is 0.433 e. The molecule has 0 radical (unpaired) electrons. The third kappa shape index (κ3) is 3.93. The van der Waals surface area contributed by atoms with Gasteiger partial charge in [-0.2, -0.15) is 13.2 Å². The van der Waals surface area contributed by atoms with Gasteiger partial charge in [-0.1, -0.05) is 6.07 Å². The Hall–Kier alpha value is -2.32. The van der Waals surface area contributed by atoms with E-state index in [1.54, 1.807) is 0 Å². The number of ether oxygens (including phenoxy) is 1. The van der Waals surface area contributed by atoms with E-state index in [0.29, 0.717) is 25.4 Å². The highest BCUT2D eigenvalue weighted by molar-refractivity contribution is 5.77. The van der Waals surface area contributed by atoms with Crippen molar-refractivity contribution in [2.45, 2.75) is 44.3 Å². The van der Waals surface area contributed by atoms with Crippen LogP contribution in [0.3, 0.4) is 0 Å². The maximum absolute atomic E-state index is 12.6. The van der Waals surface area contributed by atoms with Gasteiger partial charge >= 0.3 is 12.3 Å². The lowest BCUT2D eigenvalue weighted by atomic mass is 9.56. The van der Waals surface area contributed by atoms with E-state index in [1.807, 2.05) is 4.90 Å². The summed E-state index contributed by atoms with van der Waals surface area (Å²) in [4.78, 5) is 28.6. The predicted molar refractivity (Wildman–Crippen MR) is 92.2 cm³/mol. The Bertz CT molecular complexity index is 752. The number of cyclic esters (lactones) is 1. The van der Waals surface area contributed by atoms with Crippen LogP contribution in [0, 0.1) is 11.3 Å². The second kappa shape index (κ2) is 6.93. The SMILES string of the molecule is O=C1NC(CCC(=O)N2CC3(CC(Cc4ccc(C(F)(F)F)nc4)C3)C2)CO1. The first-order valence-electron chi connectivity index (χ1n) is 9.46. The number of carbonyl (C=O) groups excluding carboxylic acids is 2. The maximum atomic E-state index is 12.6. The molecule has 28 heavy (non-hydrogen) atoms. The number of rotatable bonds is 5. The number of hydrogen-bond acceptors (Lipinski definition) is 4. The van der Waals surface area contributed by atoms with Crippen LogP contribution in [0.1, 0.15) is 36.9 Å². The number of nitrogens with one attached hydrogen (secondary N) is 1. The zero-order chi connectivity index (χ0) is 19.9. The van der Waals surface area contributed by atoms with E-state index in [4.69, 9.17) is 4.74 Å². The molecule has 4 rings (SSSR count). The minimum Gasteiger partial charge on any atom is -0.447 e. The van der Waals surface area contributed by atoms with Crippen molar-refractivity contribution in [2.75, 3.05) is 19.7 Å². The number of amides is 2. The molecule has 0 aromatic carbocycles. The topological polar surface area (TPSA) is 71.5 Å². The van der Waals surface area contributed by atoms with Crippen LogP contribution in [-0.2, 0) is 22.1 Å². The number of aromatic nitrogens is 1. The Morgan fingerprint density at radius 2 is 2.07 bits per heavy atom. The Morgan fingerprint density at radius 1 is 1.32 bits per heavy atom. The molecule has 3 heterocycles. The monoisotopic (exact) mass is 397 g/mol. The van der Waals surface area contributed by atoms with Gasteiger partial charge in [0.05, 0.1) is 6.04 Å². The molecule has 2 aliphatic heterocycles. The Kier molecular flexibility index (Phi) is 4.71. The van der Waals surface area contributed by atoms with Gasteiger partial charge in [-0.05, 0) is 43.2 Å². The zero-order valence-electron chi connectivity index (χ0n) is 15.3. The number of alkyl carbamates (subject to hydrolysis) is 1. The fraction of sp³-hybridized carbons (Fsp3) is 0.632. The van der Waals surface area contributed by atoms with Gasteiger partial charge in [-0.25, -0.2) is 4.79 Å². The number of pyridine rings is 1. The van der Waals surface area contributed by atoms with Crippen LogP contribution in [0.5, 0.6) is 0 Å². The predicted octanol–water partition coefficient (Wildman–Crippen LogP) is 2.77. The third-order valence-electron chi connectivity index (χ3n) is 5.93. The molecule has 1 aromatic heterocycles. The number of alkyl halides is 3. The van der Waals surface area contributed by atoms with Crippen LogP contribution in [0.2, 0.25) is 0 Å². The van der Waals surface area contributed by atoms with E-state index in [0.717, 1.165) is 44.0 Å². The van der Waals surface area contributed by atoms with E-state index in [2.05, 4.69) is 10.3 Å². The van der Waals surface area contributed by atoms with Crippen molar-refractivity contribution in [3.63, 3.8) is 0 Å². The maximum Gasteiger partial charge on any atom is 0.433 e. The Morgan fingerprint density at radius 3 is 2.64 bits per heavy atom. The summed E-state index contributed by atoms with van der Waals surface area (Å²) in [5.41, 5.74) is 0.142. The number of halogens is 3. The highest BCUT2D eigenvalue weighted by Crippen LogP contribution is 2.53. The molecule has 152 valence electrons. The van der Waals surface area contributed by atoms with Crippen LogP contribution < -0.4 is 5.32 Å². The van der Waals surface area contributed by atoms with E-state index in [9.17, 15) is 22.8 Å². The van der Waals surface area contributed by atoms with Crippen LogP contribution in [-0.4, -0.2) is 47.6 Å². The second-order valence-corrected chi connectivity index (χ2v) is 8.26. The normalized spacial score (nSPS) is 23.8. The average Bonchev–Trinajstić information content (AvgIpc) is 2.98. The minimum absolute atomic E-state index is 0.0860. The molecule has 1 spiro atoms. The summed E-state index contributed by atoms with van der Waals surface area (Å²) in [5, 5.41) is 2.66. The summed E-state index contributed by atoms with van der Waals surface area (Å²) in [6, 6.07) is 2.45. The van der Waals surface area contributed by atoms with Gasteiger partial charge in [0.25, 0.3) is 0 Å². The molecule has 3 aliphatic rings. The van der Waals surface area contributed by atoms with E-state index < -0.39 is 18.0 Å². The lowest BCUT2D eigenvalue weighted by Gasteiger charge is -2.59. The van der Waals surface area contributed by atoms with E-state index in [-0.39, 0.29) is 17.4 Å². The molecule has 3 fully saturated rings. The number of likely N-dealkylation sites (tertiary alicyclic amines) is 1. The fourth-order valence-corrected chi connectivity index (χ4v) is 4.59. The van der Waals surface area contributed by atoms with Gasteiger partial charge in [0.1, 0.15) is 12.3 Å². The van der Waals surface area contributed by atoms with Crippen molar-refractivity contribution >= 4 is 12.0 Å². The Balaban J connectivity index is 1.17. The molecule has 1 aliphatic carbocycles. The fourth-order valence-electron chi connectivity index (χ4n) is 4.59. The molecule has 2 saturated heterocycles. The van der Waals surface area contributed by atoms with E-state index >= 15 is 0 Å². The number of hydrogen-bond donors (Lipinski definition) is 1. The summed E-state index contributed by atoms with van der Waals surface area (Å²) in [5.74, 6) is 0.531. The van der Waals surface area contributed by atoms with Crippen molar-refractivity contribution in [1.82, 2.24) is 15.2 Å². The van der Waals surface area contributed by atoms with Crippen molar-refractivity contribution < 1.29 is 27.5 Å². The van der Waals surface area contributed by atoms with Crippen molar-refractivity contribution in [3.05, 3.63) is 29.6 Å². The molecular formula is C19H22F3N3O3. The summed E-state index contributed by atoms with van der Waals surface area (Å²) >= 11 is 0. The molecule has 2 amide bonds. The van der Waals surface area contributed by atoms with Gasteiger partial charge < -0.3 is 15.0 Å². The molecule has 1 saturated carbocycles. The van der Waals surface area contributed by atoms with Crippen molar-refractivity contribution in [2.24, 2.45) is 11.3 Å². The lowest BCUT2D eigenvalue weighted by molar-refractivity contribution is -0.155. The first-order chi connectivity index (χ1) is 13.2. The Labute approximate surface area is 160 Å². The summed E-state index contributed by atoms with van der Waals surface area (Å²) in [6.45, 7) is 1.82. The van der Waals surface area contributed by atoms with Crippen LogP contribution in [0.15, 0.2) is 18.3 Å². The van der Waals surface area contributed by atoms with Gasteiger partial charge in [0.15, 0.2) is 0 Å². The highest BCUT2D eigenvalue weighted by Gasteiger charge is 2.53. The lowest BCUT2D eigenvalue weighted by Crippen LogP contribution is -2.64. The van der Waals surface area contributed by atoms with E-state index in [1.165, 1.54) is 12.3 Å². The van der Waals surface area contributed by atoms with Gasteiger partial charge in [-0.15, -0.1) is 0 Å². The second-order valence-electron chi connectivity index (χ2n) is 8.26. The van der Waals surface area contributed by atoms with Gasteiger partial charge in [0, 0.05) is 31.1 Å². The first-order valence-corrected chi connectivity index (χ1v) is 9.46. The largest absolute Gasteiger partial charge is 0.447 e. The van der Waals surface area contributed by atoms with Crippen LogP contribution >= 0.6 is 0 Å². The summed E-state index contributed by atoms with van der Waals surface area (Å²) in [7, 11) is 0. The van der Waals surface area contributed by atoms with Crippen molar-refractivity contribution in [3.8, 4) is 0 Å². The quantitative estimate of drug-likeness (QED) is 0.830. The first kappa shape index (κ1) is 19.0. The zero-order valence-corrected chi connectivity index (χ0v) is 15.3. The molecule has 1 aromatic rings. The molecule has 9 heteroatoms. The van der Waals surface area contributed by atoms with Crippen LogP contribution in [0.25, 0.3) is 0 Å². The molecule has 6 nitrogen and oxygen atoms in total. The molecule has 1 N–H and O–H groups in total. The summed E-state index contributed by atoms with van der Waals surface area (Å²) < 4.78 is 42.5. The van der Waals surface area contributed by atoms with Gasteiger partial charge in [0.2, 0.25) is 5.91 Å². The summed E-state index contributed by atoms with van der Waals surface area (Å²) in [6.07, 6.45) is 0.163. The molecule has 1 unspecified atom stereocenters. The van der Waals surface area contributed by atoms with Gasteiger partial charge in [-0.3, -0.25) is 9.78 Å². The van der Waals surface area contributed by atoms with Crippen molar-refractivity contribution in [1.29, 1.82) is 0 Å². The average molecular weight is 397 g/mol. The number of carbonyl (C=O) groups is 2. The highest BCUT2D eigenvalue weighted by atomic mass is 19.4. The molecule has 1 atom stereocenters. The molecule has 0 bridgehead atoms.